The quantitative estimate of drug-likeness (QED) is 0.762. The molecule has 0 unspecified atom stereocenters. The van der Waals surface area contributed by atoms with Gasteiger partial charge in [0.15, 0.2) is 5.60 Å². The molecule has 2 rings (SSSR count). The summed E-state index contributed by atoms with van der Waals surface area (Å²) in [5.41, 5.74) is -0.236. The summed E-state index contributed by atoms with van der Waals surface area (Å²) in [5, 5.41) is 20.4. The zero-order valence-electron chi connectivity index (χ0n) is 14.5. The second-order valence-electron chi connectivity index (χ2n) is 6.78. The minimum Gasteiger partial charge on any atom is -0.493 e. The topological polar surface area (TPSA) is 66.8 Å². The van der Waals surface area contributed by atoms with E-state index in [2.05, 4.69) is 19.9 Å². The summed E-state index contributed by atoms with van der Waals surface area (Å²) in [4.78, 5) is 12.1. The average molecular weight is 353 g/mol. The van der Waals surface area contributed by atoms with Crippen molar-refractivity contribution in [1.82, 2.24) is 0 Å². The number of hydrogen-bond donors (Lipinski definition) is 2. The summed E-state index contributed by atoms with van der Waals surface area (Å²) in [5.74, 6) is -0.0834. The highest BCUT2D eigenvalue weighted by atomic mass is 35.5. The van der Waals surface area contributed by atoms with Crippen LogP contribution in [0, 0.1) is 11.8 Å². The highest BCUT2D eigenvalue weighted by Crippen LogP contribution is 2.40. The predicted octanol–water partition coefficient (Wildman–Crippen LogP) is 3.25. The van der Waals surface area contributed by atoms with Gasteiger partial charge in [-0.25, -0.2) is 0 Å². The van der Waals surface area contributed by atoms with Crippen LogP contribution in [0.15, 0.2) is 46.2 Å². The van der Waals surface area contributed by atoms with E-state index in [1.54, 1.807) is 6.08 Å². The van der Waals surface area contributed by atoms with Crippen molar-refractivity contribution in [2.75, 3.05) is 6.61 Å². The first-order chi connectivity index (χ1) is 11.2. The van der Waals surface area contributed by atoms with E-state index in [-0.39, 0.29) is 11.6 Å². The molecule has 1 aliphatic carbocycles. The first-order valence-electron chi connectivity index (χ1n) is 8.24. The van der Waals surface area contributed by atoms with Gasteiger partial charge in [0.1, 0.15) is 11.9 Å². The molecular weight excluding hydrogens is 328 g/mol. The zero-order valence-corrected chi connectivity index (χ0v) is 15.3. The summed E-state index contributed by atoms with van der Waals surface area (Å²) in [6, 6.07) is 0. The Kier molecular flexibility index (Phi) is 5.74. The van der Waals surface area contributed by atoms with Crippen LogP contribution in [-0.2, 0) is 9.53 Å². The molecule has 0 saturated heterocycles. The summed E-state index contributed by atoms with van der Waals surface area (Å²) < 4.78 is 5.65. The fourth-order valence-corrected chi connectivity index (χ4v) is 3.26. The lowest BCUT2D eigenvalue weighted by molar-refractivity contribution is -0.150. The molecule has 5 heteroatoms. The third-order valence-corrected chi connectivity index (χ3v) is 5.09. The van der Waals surface area contributed by atoms with Crippen LogP contribution in [0.1, 0.15) is 34.1 Å². The Hall–Kier alpha value is -1.36. The van der Waals surface area contributed by atoms with E-state index in [1.165, 1.54) is 6.92 Å². The second kappa shape index (κ2) is 7.26. The van der Waals surface area contributed by atoms with Gasteiger partial charge < -0.3 is 14.9 Å². The highest BCUT2D eigenvalue weighted by Gasteiger charge is 2.50. The number of fused-ring (bicyclic) bond motifs is 1. The minimum absolute atomic E-state index is 0.0311. The van der Waals surface area contributed by atoms with Crippen LogP contribution in [0.25, 0.3) is 0 Å². The third kappa shape index (κ3) is 3.66. The van der Waals surface area contributed by atoms with Gasteiger partial charge in [-0.15, -0.1) is 0 Å². The fourth-order valence-electron chi connectivity index (χ4n) is 2.88. The van der Waals surface area contributed by atoms with E-state index >= 15 is 0 Å². The summed E-state index contributed by atoms with van der Waals surface area (Å²) >= 11 is 6.13. The molecule has 0 bridgehead atoms. The maximum absolute atomic E-state index is 12.1. The van der Waals surface area contributed by atoms with Gasteiger partial charge in [0.2, 0.25) is 5.78 Å². The molecule has 2 N–H and O–H groups in total. The maximum Gasteiger partial charge on any atom is 0.208 e. The van der Waals surface area contributed by atoms with Gasteiger partial charge in [-0.1, -0.05) is 49.6 Å². The van der Waals surface area contributed by atoms with E-state index in [0.717, 1.165) is 12.0 Å². The lowest BCUT2D eigenvalue weighted by Crippen LogP contribution is -2.55. The lowest BCUT2D eigenvalue weighted by atomic mass is 9.75. The van der Waals surface area contributed by atoms with Gasteiger partial charge in [-0.3, -0.25) is 4.79 Å². The molecule has 24 heavy (non-hydrogen) atoms. The summed E-state index contributed by atoms with van der Waals surface area (Å²) in [6.45, 7) is 7.76. The third-order valence-electron chi connectivity index (χ3n) is 4.70. The van der Waals surface area contributed by atoms with Crippen molar-refractivity contribution in [2.45, 2.75) is 45.8 Å². The van der Waals surface area contributed by atoms with Gasteiger partial charge in [-0.05, 0) is 37.5 Å². The van der Waals surface area contributed by atoms with Crippen molar-refractivity contribution in [1.29, 1.82) is 0 Å². The number of carbonyl (C=O) groups excluding carboxylic acids is 1. The first kappa shape index (κ1) is 19.0. The Bertz CT molecular complexity index is 640. The predicted molar refractivity (Wildman–Crippen MR) is 94.4 cm³/mol. The molecule has 0 aromatic rings. The number of Topliss-reactive ketones (excluding diaryl/α,β-unsaturated/α-hetero) is 1. The van der Waals surface area contributed by atoms with Crippen LogP contribution < -0.4 is 0 Å². The molecular formula is C19H25ClO4. The molecule has 1 heterocycles. The van der Waals surface area contributed by atoms with Crippen molar-refractivity contribution < 1.29 is 19.7 Å². The fraction of sp³-hybridized carbons (Fsp3) is 0.526. The van der Waals surface area contributed by atoms with Crippen LogP contribution in [0.2, 0.25) is 0 Å². The molecule has 4 nitrogen and oxygen atoms in total. The Morgan fingerprint density at radius 2 is 2.25 bits per heavy atom. The zero-order chi connectivity index (χ0) is 18.1. The van der Waals surface area contributed by atoms with E-state index in [0.29, 0.717) is 17.3 Å². The second-order valence-corrected chi connectivity index (χ2v) is 7.16. The number of ketones is 1. The van der Waals surface area contributed by atoms with Gasteiger partial charge in [0.25, 0.3) is 0 Å². The van der Waals surface area contributed by atoms with E-state index in [4.69, 9.17) is 16.3 Å². The van der Waals surface area contributed by atoms with Crippen LogP contribution >= 0.6 is 11.6 Å². The maximum atomic E-state index is 12.1. The number of ether oxygens (including phenoxy) is 1. The van der Waals surface area contributed by atoms with E-state index in [1.807, 2.05) is 19.1 Å². The molecule has 1 aliphatic heterocycles. The molecule has 0 aromatic carbocycles. The molecule has 0 aromatic heterocycles. The average Bonchev–Trinajstić information content (AvgIpc) is 2.56. The monoisotopic (exact) mass is 352 g/mol. The van der Waals surface area contributed by atoms with Crippen molar-refractivity contribution in [3.8, 4) is 0 Å². The number of carbonyl (C=O) groups is 1. The molecule has 4 atom stereocenters. The first-order valence-corrected chi connectivity index (χ1v) is 8.62. The Balaban J connectivity index is 2.28. The van der Waals surface area contributed by atoms with Crippen LogP contribution in [-0.4, -0.2) is 34.3 Å². The van der Waals surface area contributed by atoms with Crippen molar-refractivity contribution >= 4 is 17.4 Å². The standard InChI is InChI=1S/C19H25ClO4/c1-5-11(2)8-12(3)6-7-13-9-14-15(10-24-13)17(21)19(4,23)18(22)16(14)20/h6-9,11,15,17,21,23H,5,10H2,1-4H3/b7-6+,12-8+/t11-,15-,17+,19+/m0/s1. The number of rotatable bonds is 4. The van der Waals surface area contributed by atoms with E-state index < -0.39 is 23.4 Å². The van der Waals surface area contributed by atoms with Crippen LogP contribution in [0.4, 0.5) is 0 Å². The van der Waals surface area contributed by atoms with Crippen molar-refractivity contribution in [3.63, 3.8) is 0 Å². The number of aliphatic hydroxyl groups excluding tert-OH is 1. The normalized spacial score (nSPS) is 32.5. The Morgan fingerprint density at radius 1 is 1.58 bits per heavy atom. The smallest absolute Gasteiger partial charge is 0.208 e. The number of halogens is 1. The van der Waals surface area contributed by atoms with Crippen molar-refractivity contribution in [3.05, 3.63) is 46.2 Å². The van der Waals surface area contributed by atoms with Crippen molar-refractivity contribution in [2.24, 2.45) is 11.8 Å². The highest BCUT2D eigenvalue weighted by molar-refractivity contribution is 6.44. The molecule has 0 fully saturated rings. The molecule has 0 spiro atoms. The molecule has 0 amide bonds. The van der Waals surface area contributed by atoms with Gasteiger partial charge in [0, 0.05) is 5.92 Å². The summed E-state index contributed by atoms with van der Waals surface area (Å²) in [7, 11) is 0. The van der Waals surface area contributed by atoms with Crippen LogP contribution in [0.3, 0.4) is 0 Å². The summed E-state index contributed by atoms with van der Waals surface area (Å²) in [6.07, 6.45) is 7.46. The van der Waals surface area contributed by atoms with Gasteiger partial charge in [0.05, 0.1) is 11.6 Å². The van der Waals surface area contributed by atoms with Gasteiger partial charge >= 0.3 is 0 Å². The van der Waals surface area contributed by atoms with Gasteiger partial charge in [-0.2, -0.15) is 0 Å². The molecule has 0 saturated carbocycles. The van der Waals surface area contributed by atoms with Crippen LogP contribution in [0.5, 0.6) is 0 Å². The minimum atomic E-state index is -1.88. The lowest BCUT2D eigenvalue weighted by Gasteiger charge is -2.40. The molecule has 132 valence electrons. The number of allylic oxidation sites excluding steroid dienone is 5. The number of aliphatic hydroxyl groups is 2. The molecule has 0 radical (unpaired) electrons. The molecule has 2 aliphatic rings. The largest absolute Gasteiger partial charge is 0.493 e. The van der Waals surface area contributed by atoms with E-state index in [9.17, 15) is 15.0 Å². The Morgan fingerprint density at radius 3 is 2.88 bits per heavy atom. The number of hydrogen-bond acceptors (Lipinski definition) is 4. The SMILES string of the molecule is CC[C@H](C)/C=C(C)/C=C/C1=CC2=C(Cl)C(=O)[C@](C)(O)[C@H](O)[C@H]2CO1. The Labute approximate surface area is 148 Å².